The van der Waals surface area contributed by atoms with E-state index in [0.717, 1.165) is 10.9 Å². The maximum absolute atomic E-state index is 12.0. The van der Waals surface area contributed by atoms with E-state index < -0.39 is 36.2 Å². The number of hydrogen-bond donors (Lipinski definition) is 4. The van der Waals surface area contributed by atoms with Gasteiger partial charge in [0.05, 0.1) is 15.5 Å². The Morgan fingerprint density at radius 2 is 2.52 bits per heavy atom. The molecule has 1 aromatic heterocycles. The third-order valence-electron chi connectivity index (χ3n) is 2.91. The molecule has 0 aliphatic carbocycles. The molecule has 0 aromatic carbocycles. The van der Waals surface area contributed by atoms with Gasteiger partial charge in [-0.3, -0.25) is 0 Å². The molecule has 1 aliphatic heterocycles. The van der Waals surface area contributed by atoms with E-state index in [2.05, 4.69) is 24.9 Å². The van der Waals surface area contributed by atoms with Crippen molar-refractivity contribution in [2.75, 3.05) is 12.3 Å². The van der Waals surface area contributed by atoms with Gasteiger partial charge >= 0.3 is 5.69 Å². The zero-order valence-corrected chi connectivity index (χ0v) is 13.1. The first-order chi connectivity index (χ1) is 10.7. The van der Waals surface area contributed by atoms with Crippen molar-refractivity contribution >= 4 is 40.3 Å². The first-order valence-corrected chi connectivity index (χ1v) is 6.91. The highest BCUT2D eigenvalue weighted by atomic mass is 127. The molecule has 1 saturated heterocycles. The van der Waals surface area contributed by atoms with Crippen LogP contribution in [0, 0.1) is 11.3 Å². The van der Waals surface area contributed by atoms with Crippen molar-refractivity contribution in [2.24, 2.45) is 0 Å². The number of rotatable bonds is 3. The number of ether oxygens (including phenoxy) is 1. The molecule has 2 heterocycles. The zero-order valence-electron chi connectivity index (χ0n) is 12.2. The maximum atomic E-state index is 12.0. The second kappa shape index (κ2) is 6.42. The first kappa shape index (κ1) is 13.7. The van der Waals surface area contributed by atoms with Crippen molar-refractivity contribution in [1.29, 1.82) is 0 Å². The van der Waals surface area contributed by atoms with Crippen molar-refractivity contribution in [3.8, 4) is 11.3 Å². The SMILES string of the molecule is [2H]C([2H])(O)[C@H]1O[C@@H](n2ncc(N)nc2=O)C(C#CCl)(NI)[C@H]1O. The molecule has 1 aliphatic rings. The minimum Gasteiger partial charge on any atom is -0.394 e. The summed E-state index contributed by atoms with van der Waals surface area (Å²) in [6, 6.07) is 0. The van der Waals surface area contributed by atoms with Crippen LogP contribution in [0.1, 0.15) is 8.97 Å². The van der Waals surface area contributed by atoms with Crippen molar-refractivity contribution in [3.63, 3.8) is 0 Å². The van der Waals surface area contributed by atoms with Crippen LogP contribution in [-0.4, -0.2) is 49.3 Å². The van der Waals surface area contributed by atoms with Crippen LogP contribution in [-0.2, 0) is 4.74 Å². The molecular weight excluding hydrogens is 416 g/mol. The average Bonchev–Trinajstić information content (AvgIpc) is 2.73. The topological polar surface area (TPSA) is 136 Å². The van der Waals surface area contributed by atoms with Gasteiger partial charge in [-0.1, -0.05) is 5.92 Å². The van der Waals surface area contributed by atoms with Gasteiger partial charge in [-0.05, 0) is 11.6 Å². The summed E-state index contributed by atoms with van der Waals surface area (Å²) in [5.74, 6) is 2.31. The molecule has 0 amide bonds. The Labute approximate surface area is 140 Å². The van der Waals surface area contributed by atoms with E-state index >= 15 is 0 Å². The minimum absolute atomic E-state index is 0.129. The molecule has 9 nitrogen and oxygen atoms in total. The molecular formula is C10H11ClIN5O4. The number of aliphatic hydroxyl groups excluding tert-OH is 1. The highest BCUT2D eigenvalue weighted by Crippen LogP contribution is 2.37. The summed E-state index contributed by atoms with van der Waals surface area (Å²) in [4.78, 5) is 15.5. The van der Waals surface area contributed by atoms with Crippen LogP contribution in [0.25, 0.3) is 0 Å². The molecule has 4 atom stereocenters. The number of nitrogens with two attached hydrogens (primary N) is 1. The Hall–Kier alpha value is -0.970. The van der Waals surface area contributed by atoms with E-state index in [0.29, 0.717) is 0 Å². The Bertz CT molecular complexity index is 720. The molecule has 1 unspecified atom stereocenters. The van der Waals surface area contributed by atoms with Gasteiger partial charge in [-0.25, -0.2) is 8.32 Å². The lowest BCUT2D eigenvalue weighted by molar-refractivity contribution is -0.0531. The molecule has 1 aromatic rings. The number of aromatic nitrogens is 3. The molecule has 0 radical (unpaired) electrons. The van der Waals surface area contributed by atoms with Gasteiger partial charge in [0.15, 0.2) is 11.8 Å². The Morgan fingerprint density at radius 3 is 3.05 bits per heavy atom. The smallest absolute Gasteiger partial charge is 0.368 e. The number of hydrogen-bond acceptors (Lipinski definition) is 8. The predicted molar refractivity (Wildman–Crippen MR) is 81.2 cm³/mol. The lowest BCUT2D eigenvalue weighted by Gasteiger charge is -2.29. The van der Waals surface area contributed by atoms with Crippen molar-refractivity contribution < 1.29 is 17.7 Å². The van der Waals surface area contributed by atoms with Crippen LogP contribution in [0.2, 0.25) is 0 Å². The molecule has 0 saturated carbocycles. The van der Waals surface area contributed by atoms with E-state index in [4.69, 9.17) is 24.8 Å². The van der Waals surface area contributed by atoms with Gasteiger partial charge in [0.2, 0.25) is 0 Å². The lowest BCUT2D eigenvalue weighted by atomic mass is 9.92. The van der Waals surface area contributed by atoms with E-state index in [-0.39, 0.29) is 5.82 Å². The summed E-state index contributed by atoms with van der Waals surface area (Å²) in [7, 11) is 0. The molecule has 0 spiro atoms. The molecule has 2 rings (SSSR count). The quantitative estimate of drug-likeness (QED) is 0.255. The van der Waals surface area contributed by atoms with Crippen LogP contribution < -0.4 is 15.0 Å². The standard InChI is InChI=1S/C10H11ClIN5O4/c11-2-1-10(16-12)7(19)5(4-18)21-8(10)17-9(20)15-6(13)3-14-17/h3,5,7-8,16,18-19H,4H2,(H2,13,15,20)/t5-,7+,8-,10?/m1/s1/i4D2. The molecule has 11 heteroatoms. The Kier molecular flexibility index (Phi) is 4.18. The summed E-state index contributed by atoms with van der Waals surface area (Å²) in [6.07, 6.45) is -3.75. The summed E-state index contributed by atoms with van der Waals surface area (Å²) in [6.45, 7) is -2.91. The van der Waals surface area contributed by atoms with Gasteiger partial charge in [-0.15, -0.1) is 0 Å². The fraction of sp³-hybridized carbons (Fsp3) is 0.500. The highest BCUT2D eigenvalue weighted by Gasteiger charge is 2.57. The third kappa shape index (κ3) is 2.72. The van der Waals surface area contributed by atoms with Gasteiger partial charge in [0.25, 0.3) is 0 Å². The van der Waals surface area contributed by atoms with E-state index in [9.17, 15) is 15.0 Å². The Morgan fingerprint density at radius 1 is 1.81 bits per heavy atom. The van der Waals surface area contributed by atoms with Crippen molar-refractivity contribution in [1.82, 2.24) is 18.3 Å². The lowest BCUT2D eigenvalue weighted by Crippen LogP contribution is -2.55. The summed E-state index contributed by atoms with van der Waals surface area (Å²) in [5, 5.41) is 25.8. The molecule has 21 heavy (non-hydrogen) atoms. The van der Waals surface area contributed by atoms with Crippen LogP contribution >= 0.6 is 34.5 Å². The largest absolute Gasteiger partial charge is 0.394 e. The summed E-state index contributed by atoms with van der Waals surface area (Å²) in [5.41, 5.74) is 2.73. The van der Waals surface area contributed by atoms with Crippen molar-refractivity contribution in [3.05, 3.63) is 16.7 Å². The fourth-order valence-electron chi connectivity index (χ4n) is 1.92. The van der Waals surface area contributed by atoms with Gasteiger partial charge in [0, 0.05) is 28.2 Å². The van der Waals surface area contributed by atoms with E-state index in [1.165, 1.54) is 0 Å². The molecule has 114 valence electrons. The van der Waals surface area contributed by atoms with Crippen LogP contribution in [0.4, 0.5) is 5.82 Å². The number of nitrogen functional groups attached to an aromatic ring is 1. The average molecular weight is 430 g/mol. The predicted octanol–water partition coefficient (Wildman–Crippen LogP) is -1.65. The number of nitrogens with one attached hydrogen (secondary N) is 1. The molecule has 0 bridgehead atoms. The fourth-order valence-corrected chi connectivity index (χ4v) is 2.80. The number of aliphatic hydroxyl groups is 2. The van der Waals surface area contributed by atoms with Crippen molar-refractivity contribution in [2.45, 2.75) is 24.0 Å². The Balaban J connectivity index is 2.62. The normalized spacial score (nSPS) is 33.8. The van der Waals surface area contributed by atoms with Crippen LogP contribution in [0.15, 0.2) is 11.0 Å². The number of anilines is 1. The second-order valence-electron chi connectivity index (χ2n) is 4.07. The molecule has 5 N–H and O–H groups in total. The van der Waals surface area contributed by atoms with Crippen LogP contribution in [0.3, 0.4) is 0 Å². The summed E-state index contributed by atoms with van der Waals surface area (Å²) >= 11 is 7.06. The summed E-state index contributed by atoms with van der Waals surface area (Å²) < 4.78 is 23.4. The number of nitrogens with zero attached hydrogens (tertiary/aromatic N) is 3. The van der Waals surface area contributed by atoms with Gasteiger partial charge in [-0.2, -0.15) is 14.8 Å². The van der Waals surface area contributed by atoms with E-state index in [1.54, 1.807) is 22.9 Å². The first-order valence-electron chi connectivity index (χ1n) is 6.45. The highest BCUT2D eigenvalue weighted by molar-refractivity contribution is 14.1. The van der Waals surface area contributed by atoms with Crippen LogP contribution in [0.5, 0.6) is 0 Å². The third-order valence-corrected chi connectivity index (χ3v) is 3.90. The maximum Gasteiger partial charge on any atom is 0.368 e. The number of halogens is 2. The van der Waals surface area contributed by atoms with Gasteiger partial charge < -0.3 is 20.7 Å². The molecule has 1 fully saturated rings. The second-order valence-corrected chi connectivity index (χ2v) is 4.80. The zero-order chi connectivity index (χ0) is 17.4. The van der Waals surface area contributed by atoms with Gasteiger partial charge in [0.1, 0.15) is 18.0 Å². The van der Waals surface area contributed by atoms with E-state index in [1.807, 2.05) is 0 Å². The minimum atomic E-state index is -2.91. The monoisotopic (exact) mass is 429 g/mol.